The van der Waals surface area contributed by atoms with E-state index < -0.39 is 5.97 Å². The Morgan fingerprint density at radius 1 is 1.30 bits per heavy atom. The number of hydrogen-bond acceptors (Lipinski definition) is 5. The Morgan fingerprint density at radius 3 is 2.85 bits per heavy atom. The minimum Gasteiger partial charge on any atom is -0.478 e. The van der Waals surface area contributed by atoms with E-state index in [0.29, 0.717) is 10.6 Å². The summed E-state index contributed by atoms with van der Waals surface area (Å²) in [5.41, 5.74) is 1.87. The van der Waals surface area contributed by atoms with E-state index in [4.69, 9.17) is 0 Å². The third-order valence-electron chi connectivity index (χ3n) is 2.80. The lowest BCUT2D eigenvalue weighted by Gasteiger charge is -2.05. The van der Waals surface area contributed by atoms with Gasteiger partial charge in [-0.3, -0.25) is 0 Å². The molecule has 0 atom stereocenters. The van der Waals surface area contributed by atoms with Gasteiger partial charge in [0.2, 0.25) is 0 Å². The number of hydrogen-bond donors (Lipinski definition) is 1. The van der Waals surface area contributed by atoms with Crippen molar-refractivity contribution in [1.82, 2.24) is 9.97 Å². The van der Waals surface area contributed by atoms with E-state index in [0.717, 1.165) is 14.6 Å². The van der Waals surface area contributed by atoms with Gasteiger partial charge in [0.15, 0.2) is 4.34 Å². The Bertz CT molecular complexity index is 766. The van der Waals surface area contributed by atoms with Crippen LogP contribution in [0.2, 0.25) is 0 Å². The number of rotatable bonds is 3. The monoisotopic (exact) mass is 302 g/mol. The highest BCUT2D eigenvalue weighted by molar-refractivity contribution is 8.01. The normalized spacial score (nSPS) is 10.8. The third-order valence-corrected chi connectivity index (χ3v) is 4.90. The molecule has 0 radical (unpaired) electrons. The molecule has 1 aromatic carbocycles. The molecule has 100 valence electrons. The summed E-state index contributed by atoms with van der Waals surface area (Å²) in [4.78, 5) is 20.0. The molecule has 0 saturated heterocycles. The summed E-state index contributed by atoms with van der Waals surface area (Å²) < 4.78 is 1.88. The maximum absolute atomic E-state index is 11.3. The van der Waals surface area contributed by atoms with Crippen LogP contribution < -0.4 is 0 Å². The smallest absolute Gasteiger partial charge is 0.338 e. The van der Waals surface area contributed by atoms with Crippen LogP contribution in [0, 0.1) is 6.92 Å². The summed E-state index contributed by atoms with van der Waals surface area (Å²) in [6, 6.07) is 9.54. The van der Waals surface area contributed by atoms with Gasteiger partial charge in [-0.2, -0.15) is 0 Å². The second-order valence-corrected chi connectivity index (χ2v) is 6.43. The summed E-state index contributed by atoms with van der Waals surface area (Å²) in [6.07, 6.45) is 1.62. The molecular formula is C14H10N2O2S2. The van der Waals surface area contributed by atoms with Crippen molar-refractivity contribution in [2.24, 2.45) is 0 Å². The summed E-state index contributed by atoms with van der Waals surface area (Å²) in [6.45, 7) is 1.77. The zero-order valence-electron chi connectivity index (χ0n) is 10.5. The minimum absolute atomic E-state index is 0.247. The van der Waals surface area contributed by atoms with Crippen molar-refractivity contribution in [3.63, 3.8) is 0 Å². The van der Waals surface area contributed by atoms with Crippen molar-refractivity contribution in [3.8, 4) is 0 Å². The second kappa shape index (κ2) is 5.22. The van der Waals surface area contributed by atoms with Crippen LogP contribution >= 0.6 is 23.1 Å². The number of carbonyl (C=O) groups is 1. The molecule has 0 unspecified atom stereocenters. The number of pyridine rings is 1. The van der Waals surface area contributed by atoms with Gasteiger partial charge in [-0.25, -0.2) is 14.8 Å². The third kappa shape index (κ3) is 2.39. The topological polar surface area (TPSA) is 63.1 Å². The van der Waals surface area contributed by atoms with E-state index in [9.17, 15) is 9.90 Å². The van der Waals surface area contributed by atoms with Gasteiger partial charge in [-0.05, 0) is 42.4 Å². The quantitative estimate of drug-likeness (QED) is 0.796. The van der Waals surface area contributed by atoms with Gasteiger partial charge in [-0.15, -0.1) is 11.3 Å². The SMILES string of the molecule is Cc1ccnc(Sc2nc3ccccc3s2)c1C(=O)O. The van der Waals surface area contributed by atoms with Crippen molar-refractivity contribution >= 4 is 39.3 Å². The van der Waals surface area contributed by atoms with Gasteiger partial charge in [-0.1, -0.05) is 12.1 Å². The molecule has 3 aromatic rings. The van der Waals surface area contributed by atoms with Gasteiger partial charge in [0.05, 0.1) is 15.8 Å². The lowest BCUT2D eigenvalue weighted by molar-refractivity contribution is 0.0691. The number of thiazole rings is 1. The number of para-hydroxylation sites is 1. The molecule has 0 saturated carbocycles. The van der Waals surface area contributed by atoms with Gasteiger partial charge in [0.1, 0.15) is 5.03 Å². The number of carboxylic acids is 1. The van der Waals surface area contributed by atoms with Crippen LogP contribution in [-0.2, 0) is 0 Å². The number of aryl methyl sites for hydroxylation is 1. The molecule has 1 N–H and O–H groups in total. The van der Waals surface area contributed by atoms with Gasteiger partial charge < -0.3 is 5.11 Å². The Hall–Kier alpha value is -1.92. The maximum Gasteiger partial charge on any atom is 0.338 e. The highest BCUT2D eigenvalue weighted by atomic mass is 32.2. The highest BCUT2D eigenvalue weighted by Gasteiger charge is 2.17. The number of nitrogens with zero attached hydrogens (tertiary/aromatic N) is 2. The largest absolute Gasteiger partial charge is 0.478 e. The fourth-order valence-corrected chi connectivity index (χ4v) is 3.99. The van der Waals surface area contributed by atoms with Gasteiger partial charge in [0, 0.05) is 6.20 Å². The van der Waals surface area contributed by atoms with E-state index in [1.165, 1.54) is 23.1 Å². The first-order chi connectivity index (χ1) is 9.65. The van der Waals surface area contributed by atoms with E-state index >= 15 is 0 Å². The first-order valence-electron chi connectivity index (χ1n) is 5.87. The molecule has 6 heteroatoms. The fourth-order valence-electron chi connectivity index (χ4n) is 1.85. The summed E-state index contributed by atoms with van der Waals surface area (Å²) in [5.74, 6) is -0.959. The average Bonchev–Trinajstić information content (AvgIpc) is 2.80. The molecule has 2 heterocycles. The van der Waals surface area contributed by atoms with Crippen LogP contribution in [0.3, 0.4) is 0 Å². The van der Waals surface area contributed by atoms with Gasteiger partial charge >= 0.3 is 5.97 Å². The zero-order valence-corrected chi connectivity index (χ0v) is 12.2. The predicted octanol–water partition coefficient (Wildman–Crippen LogP) is 3.85. The molecule has 4 nitrogen and oxygen atoms in total. The lowest BCUT2D eigenvalue weighted by atomic mass is 10.2. The fraction of sp³-hybridized carbons (Fsp3) is 0.0714. The van der Waals surface area contributed by atoms with Crippen LogP contribution in [0.1, 0.15) is 15.9 Å². The zero-order chi connectivity index (χ0) is 14.1. The Morgan fingerprint density at radius 2 is 2.10 bits per heavy atom. The molecule has 0 fully saturated rings. The van der Waals surface area contributed by atoms with Crippen LogP contribution in [-0.4, -0.2) is 21.0 Å². The number of aromatic nitrogens is 2. The van der Waals surface area contributed by atoms with Crippen molar-refractivity contribution in [1.29, 1.82) is 0 Å². The minimum atomic E-state index is -0.959. The average molecular weight is 302 g/mol. The van der Waals surface area contributed by atoms with Crippen LogP contribution in [0.15, 0.2) is 45.9 Å². The molecule has 2 aromatic heterocycles. The predicted molar refractivity (Wildman–Crippen MR) is 79.7 cm³/mol. The Kier molecular flexibility index (Phi) is 3.42. The molecule has 3 rings (SSSR count). The van der Waals surface area contributed by atoms with Crippen molar-refractivity contribution < 1.29 is 9.90 Å². The van der Waals surface area contributed by atoms with Crippen molar-refractivity contribution in [3.05, 3.63) is 47.7 Å². The van der Waals surface area contributed by atoms with E-state index in [1.807, 2.05) is 24.3 Å². The van der Waals surface area contributed by atoms with Gasteiger partial charge in [0.25, 0.3) is 0 Å². The van der Waals surface area contributed by atoms with E-state index in [-0.39, 0.29) is 5.56 Å². The number of fused-ring (bicyclic) bond motifs is 1. The van der Waals surface area contributed by atoms with E-state index in [1.54, 1.807) is 19.2 Å². The number of carboxylic acid groups (broad SMARTS) is 1. The maximum atomic E-state index is 11.3. The standard InChI is InChI=1S/C14H10N2O2S2/c1-8-6-7-15-12(11(8)13(17)18)20-14-16-9-4-2-3-5-10(9)19-14/h2-7H,1H3,(H,17,18). The van der Waals surface area contributed by atoms with Crippen molar-refractivity contribution in [2.45, 2.75) is 16.3 Å². The number of benzene rings is 1. The van der Waals surface area contributed by atoms with Crippen LogP contribution in [0.5, 0.6) is 0 Å². The Labute approximate surface area is 123 Å². The lowest BCUT2D eigenvalue weighted by Crippen LogP contribution is -2.03. The molecule has 0 aliphatic heterocycles. The first kappa shape index (κ1) is 13.1. The molecule has 0 amide bonds. The molecule has 0 aliphatic rings. The number of aromatic carboxylic acids is 1. The molecule has 0 spiro atoms. The molecule has 20 heavy (non-hydrogen) atoms. The summed E-state index contributed by atoms with van der Waals surface area (Å²) in [5, 5.41) is 9.78. The van der Waals surface area contributed by atoms with Crippen LogP contribution in [0.25, 0.3) is 10.2 Å². The van der Waals surface area contributed by atoms with Crippen LogP contribution in [0.4, 0.5) is 0 Å². The second-order valence-electron chi connectivity index (χ2n) is 4.16. The highest BCUT2D eigenvalue weighted by Crippen LogP contribution is 2.35. The molecule has 0 bridgehead atoms. The molecule has 0 aliphatic carbocycles. The molecular weight excluding hydrogens is 292 g/mol. The Balaban J connectivity index is 2.02. The summed E-state index contributed by atoms with van der Waals surface area (Å²) >= 11 is 2.84. The van der Waals surface area contributed by atoms with Crippen molar-refractivity contribution in [2.75, 3.05) is 0 Å². The first-order valence-corrected chi connectivity index (χ1v) is 7.51. The van der Waals surface area contributed by atoms with E-state index in [2.05, 4.69) is 9.97 Å². The summed E-state index contributed by atoms with van der Waals surface area (Å²) in [7, 11) is 0.